The van der Waals surface area contributed by atoms with Crippen molar-refractivity contribution in [3.05, 3.63) is 51.2 Å². The van der Waals surface area contributed by atoms with Crippen LogP contribution < -0.4 is 5.32 Å². The van der Waals surface area contributed by atoms with E-state index >= 15 is 0 Å². The number of phenols is 1. The van der Waals surface area contributed by atoms with Gasteiger partial charge in [0.05, 0.1) is 16.4 Å². The van der Waals surface area contributed by atoms with Crippen LogP contribution in [0.3, 0.4) is 0 Å². The molecule has 0 aliphatic rings. The quantitative estimate of drug-likeness (QED) is 0.818. The Morgan fingerprint density at radius 1 is 1.42 bits per heavy atom. The first kappa shape index (κ1) is 13.8. The fourth-order valence-electron chi connectivity index (χ4n) is 1.48. The minimum Gasteiger partial charge on any atom is -0.507 e. The largest absolute Gasteiger partial charge is 0.507 e. The number of nitrogens with zero attached hydrogens (tertiary/aromatic N) is 1. The molecule has 0 saturated carbocycles. The van der Waals surface area contributed by atoms with Crippen molar-refractivity contribution in [1.82, 2.24) is 4.98 Å². The van der Waals surface area contributed by atoms with Gasteiger partial charge in [0, 0.05) is 5.56 Å². The van der Waals surface area contributed by atoms with E-state index in [1.807, 2.05) is 0 Å². The van der Waals surface area contributed by atoms with Crippen molar-refractivity contribution in [1.29, 1.82) is 0 Å². The van der Waals surface area contributed by atoms with Crippen LogP contribution in [0.25, 0.3) is 0 Å². The predicted octanol–water partition coefficient (Wildman–Crippen LogP) is 3.76. The number of benzene rings is 1. The fraction of sp³-hybridized carbons (Fsp3) is 0.0769. The summed E-state index contributed by atoms with van der Waals surface area (Å²) in [6.45, 7) is 1.80. The summed E-state index contributed by atoms with van der Waals surface area (Å²) >= 11 is 8.97. The zero-order chi connectivity index (χ0) is 14.0. The number of aryl methyl sites for hydroxylation is 1. The highest BCUT2D eigenvalue weighted by Crippen LogP contribution is 2.25. The maximum Gasteiger partial charge on any atom is 0.255 e. The zero-order valence-corrected chi connectivity index (χ0v) is 12.3. The van der Waals surface area contributed by atoms with Gasteiger partial charge in [-0.25, -0.2) is 4.98 Å². The molecule has 4 nitrogen and oxygen atoms in total. The van der Waals surface area contributed by atoms with Crippen LogP contribution in [0.4, 0.5) is 5.69 Å². The number of anilines is 1. The van der Waals surface area contributed by atoms with Crippen LogP contribution in [-0.4, -0.2) is 16.0 Å². The summed E-state index contributed by atoms with van der Waals surface area (Å²) < 4.78 is 0.535. The number of hydrogen-bond donors (Lipinski definition) is 2. The molecule has 0 unspecified atom stereocenters. The van der Waals surface area contributed by atoms with E-state index in [1.54, 1.807) is 25.1 Å². The van der Waals surface area contributed by atoms with Crippen LogP contribution in [0.15, 0.2) is 34.9 Å². The van der Waals surface area contributed by atoms with Crippen LogP contribution >= 0.6 is 27.5 Å². The number of halogens is 2. The second kappa shape index (κ2) is 5.59. The molecule has 0 bridgehead atoms. The van der Waals surface area contributed by atoms with Gasteiger partial charge in [0.25, 0.3) is 5.91 Å². The molecule has 98 valence electrons. The molecule has 0 saturated heterocycles. The summed E-state index contributed by atoms with van der Waals surface area (Å²) in [6, 6.07) is 6.33. The Morgan fingerprint density at radius 2 is 2.16 bits per heavy atom. The third-order valence-corrected chi connectivity index (χ3v) is 3.55. The second-order valence-electron chi connectivity index (χ2n) is 3.95. The molecular weight excluding hydrogens is 332 g/mol. The number of amides is 1. The van der Waals surface area contributed by atoms with E-state index in [1.165, 1.54) is 12.3 Å². The highest BCUT2D eigenvalue weighted by Gasteiger charge is 2.09. The second-order valence-corrected chi connectivity index (χ2v) is 5.16. The lowest BCUT2D eigenvalue weighted by Crippen LogP contribution is -2.12. The summed E-state index contributed by atoms with van der Waals surface area (Å²) in [6.07, 6.45) is 1.48. The molecule has 1 amide bonds. The van der Waals surface area contributed by atoms with Crippen molar-refractivity contribution >= 4 is 39.1 Å². The van der Waals surface area contributed by atoms with E-state index in [9.17, 15) is 9.90 Å². The zero-order valence-electron chi connectivity index (χ0n) is 9.95. The molecule has 0 radical (unpaired) electrons. The molecule has 0 atom stereocenters. The average Bonchev–Trinajstić information content (AvgIpc) is 2.37. The third kappa shape index (κ3) is 3.24. The maximum atomic E-state index is 12.0. The summed E-state index contributed by atoms with van der Waals surface area (Å²) in [5, 5.41) is 12.6. The Labute approximate surface area is 123 Å². The van der Waals surface area contributed by atoms with Crippen LogP contribution in [0, 0.1) is 6.92 Å². The monoisotopic (exact) mass is 340 g/mol. The molecule has 0 aliphatic heterocycles. The minimum absolute atomic E-state index is 0.0121. The maximum absolute atomic E-state index is 12.0. The number of nitrogens with one attached hydrogen (secondary N) is 1. The molecule has 0 spiro atoms. The number of phenolic OH excluding ortho intramolecular Hbond substituents is 1. The van der Waals surface area contributed by atoms with Crippen molar-refractivity contribution in [2.24, 2.45) is 0 Å². The lowest BCUT2D eigenvalue weighted by molar-refractivity contribution is 0.102. The van der Waals surface area contributed by atoms with E-state index in [-0.39, 0.29) is 11.7 Å². The summed E-state index contributed by atoms with van der Waals surface area (Å²) in [7, 11) is 0. The Bertz CT molecular complexity index is 647. The number of carbonyl (C=O) groups is 1. The van der Waals surface area contributed by atoms with E-state index in [0.29, 0.717) is 20.9 Å². The van der Waals surface area contributed by atoms with Gasteiger partial charge in [-0.1, -0.05) is 11.6 Å². The lowest BCUT2D eigenvalue weighted by Gasteiger charge is -2.07. The summed E-state index contributed by atoms with van der Waals surface area (Å²) in [4.78, 5) is 15.9. The Kier molecular flexibility index (Phi) is 4.07. The number of pyridine rings is 1. The van der Waals surface area contributed by atoms with Gasteiger partial charge in [-0.05, 0) is 52.7 Å². The standard InChI is InChI=1S/C13H10BrClN2O2/c1-7-4-9(6-16-12(7)15)17-13(19)8-2-3-10(14)11(18)5-8/h2-6,18H,1H3,(H,17,19). The van der Waals surface area contributed by atoms with Gasteiger partial charge in [-0.15, -0.1) is 0 Å². The minimum atomic E-state index is -0.327. The Hall–Kier alpha value is -1.59. The van der Waals surface area contributed by atoms with Crippen LogP contribution in [0.1, 0.15) is 15.9 Å². The molecule has 6 heteroatoms. The molecule has 2 aromatic rings. The van der Waals surface area contributed by atoms with Crippen molar-refractivity contribution < 1.29 is 9.90 Å². The number of rotatable bonds is 2. The van der Waals surface area contributed by atoms with Gasteiger partial charge < -0.3 is 10.4 Å². The van der Waals surface area contributed by atoms with E-state index < -0.39 is 0 Å². The van der Waals surface area contributed by atoms with Crippen LogP contribution in [-0.2, 0) is 0 Å². The topological polar surface area (TPSA) is 62.2 Å². The number of hydrogen-bond acceptors (Lipinski definition) is 3. The molecule has 1 aromatic heterocycles. The highest BCUT2D eigenvalue weighted by molar-refractivity contribution is 9.10. The van der Waals surface area contributed by atoms with Crippen LogP contribution in [0.2, 0.25) is 5.15 Å². The van der Waals surface area contributed by atoms with Gasteiger partial charge >= 0.3 is 0 Å². The summed E-state index contributed by atoms with van der Waals surface area (Å²) in [5.41, 5.74) is 1.68. The number of aromatic hydroxyl groups is 1. The Balaban J connectivity index is 2.20. The van der Waals surface area contributed by atoms with Gasteiger partial charge in [-0.3, -0.25) is 4.79 Å². The van der Waals surface area contributed by atoms with Crippen molar-refractivity contribution in [2.75, 3.05) is 5.32 Å². The van der Waals surface area contributed by atoms with Gasteiger partial charge in [0.1, 0.15) is 10.9 Å². The smallest absolute Gasteiger partial charge is 0.255 e. The Morgan fingerprint density at radius 3 is 2.79 bits per heavy atom. The third-order valence-electron chi connectivity index (χ3n) is 2.48. The van der Waals surface area contributed by atoms with Crippen LogP contribution in [0.5, 0.6) is 5.75 Å². The molecule has 0 aliphatic carbocycles. The molecule has 1 heterocycles. The van der Waals surface area contributed by atoms with Gasteiger partial charge in [0.2, 0.25) is 0 Å². The molecule has 2 rings (SSSR count). The normalized spacial score (nSPS) is 10.3. The first-order chi connectivity index (χ1) is 8.97. The highest BCUT2D eigenvalue weighted by atomic mass is 79.9. The van der Waals surface area contributed by atoms with E-state index in [0.717, 1.165) is 5.56 Å². The summed E-state index contributed by atoms with van der Waals surface area (Å²) in [5.74, 6) is -0.315. The van der Waals surface area contributed by atoms with E-state index in [2.05, 4.69) is 26.2 Å². The van der Waals surface area contributed by atoms with Crippen molar-refractivity contribution in [3.63, 3.8) is 0 Å². The fourth-order valence-corrected chi connectivity index (χ4v) is 1.83. The molecule has 2 N–H and O–H groups in total. The predicted molar refractivity (Wildman–Crippen MR) is 77.7 cm³/mol. The SMILES string of the molecule is Cc1cc(NC(=O)c2ccc(Br)c(O)c2)cnc1Cl. The van der Waals surface area contributed by atoms with Crippen molar-refractivity contribution in [3.8, 4) is 5.75 Å². The number of aromatic nitrogens is 1. The molecule has 1 aromatic carbocycles. The van der Waals surface area contributed by atoms with E-state index in [4.69, 9.17) is 11.6 Å². The first-order valence-corrected chi connectivity index (χ1v) is 6.56. The average molecular weight is 342 g/mol. The molecule has 19 heavy (non-hydrogen) atoms. The lowest BCUT2D eigenvalue weighted by atomic mass is 10.2. The number of carbonyl (C=O) groups excluding carboxylic acids is 1. The van der Waals surface area contributed by atoms with Gasteiger partial charge in [-0.2, -0.15) is 0 Å². The van der Waals surface area contributed by atoms with Crippen molar-refractivity contribution in [2.45, 2.75) is 6.92 Å². The molecule has 0 fully saturated rings. The molecular formula is C13H10BrClN2O2. The first-order valence-electron chi connectivity index (χ1n) is 5.39. The van der Waals surface area contributed by atoms with Gasteiger partial charge in [0.15, 0.2) is 0 Å².